The first-order valence-corrected chi connectivity index (χ1v) is 7.99. The molecule has 0 saturated heterocycles. The molecular weight excluding hydrogens is 276 g/mol. The first-order valence-electron chi connectivity index (χ1n) is 7.99. The zero-order valence-corrected chi connectivity index (χ0v) is 13.6. The topological polar surface area (TPSA) is 84.1 Å². The van der Waals surface area contributed by atoms with Crippen molar-refractivity contribution in [3.63, 3.8) is 0 Å². The van der Waals surface area contributed by atoms with Crippen molar-refractivity contribution in [2.24, 2.45) is 0 Å². The molecule has 5 heteroatoms. The van der Waals surface area contributed by atoms with Crippen LogP contribution in [0, 0.1) is 0 Å². The highest BCUT2D eigenvalue weighted by atomic mass is 16.3. The summed E-state index contributed by atoms with van der Waals surface area (Å²) >= 11 is 0. The minimum absolute atomic E-state index is 0.160. The number of nitrogen functional groups attached to an aromatic ring is 1. The van der Waals surface area contributed by atoms with Crippen LogP contribution in [-0.2, 0) is 0 Å². The number of nitrogens with two attached hydrogens (primary N) is 1. The molecule has 1 heterocycles. The van der Waals surface area contributed by atoms with Crippen molar-refractivity contribution in [1.82, 2.24) is 9.97 Å². The van der Waals surface area contributed by atoms with Crippen LogP contribution < -0.4 is 11.1 Å². The number of anilines is 2. The summed E-state index contributed by atoms with van der Waals surface area (Å²) in [5.74, 6) is 1.47. The van der Waals surface area contributed by atoms with E-state index in [9.17, 15) is 5.11 Å². The lowest BCUT2D eigenvalue weighted by molar-refractivity contribution is 0.276. The Labute approximate surface area is 132 Å². The molecule has 0 bridgehead atoms. The maximum Gasteiger partial charge on any atom is 0.222 e. The van der Waals surface area contributed by atoms with Crippen molar-refractivity contribution < 1.29 is 5.11 Å². The number of nitrogens with one attached hydrogen (secondary N) is 1. The van der Waals surface area contributed by atoms with E-state index in [1.165, 1.54) is 5.56 Å². The van der Waals surface area contributed by atoms with Gasteiger partial charge in [0.15, 0.2) is 0 Å². The number of aliphatic hydroxyl groups excluding tert-OH is 1. The molecule has 0 saturated carbocycles. The van der Waals surface area contributed by atoms with Gasteiger partial charge in [-0.15, -0.1) is 0 Å². The van der Waals surface area contributed by atoms with Crippen molar-refractivity contribution in [1.29, 1.82) is 0 Å². The van der Waals surface area contributed by atoms with Gasteiger partial charge >= 0.3 is 0 Å². The van der Waals surface area contributed by atoms with Gasteiger partial charge in [-0.2, -0.15) is 4.98 Å². The van der Waals surface area contributed by atoms with Crippen LogP contribution in [0.1, 0.15) is 51.5 Å². The third-order valence-electron chi connectivity index (χ3n) is 3.86. The minimum atomic E-state index is 0.160. The number of aromatic nitrogens is 2. The van der Waals surface area contributed by atoms with Crippen LogP contribution in [0.25, 0.3) is 10.9 Å². The largest absolute Gasteiger partial charge is 0.396 e. The molecule has 0 aliphatic rings. The molecule has 120 valence electrons. The Morgan fingerprint density at radius 1 is 1.23 bits per heavy atom. The van der Waals surface area contributed by atoms with Gasteiger partial charge in [-0.25, -0.2) is 4.98 Å². The molecule has 0 amide bonds. The molecule has 1 aromatic carbocycles. The second kappa shape index (κ2) is 7.40. The van der Waals surface area contributed by atoms with Gasteiger partial charge in [0.2, 0.25) is 5.95 Å². The van der Waals surface area contributed by atoms with E-state index in [4.69, 9.17) is 5.73 Å². The molecular formula is C17H26N4O. The number of rotatable bonds is 7. The van der Waals surface area contributed by atoms with Crippen LogP contribution >= 0.6 is 0 Å². The number of aliphatic hydroxyl groups is 1. The number of benzene rings is 1. The first-order chi connectivity index (χ1) is 10.5. The van der Waals surface area contributed by atoms with Gasteiger partial charge in [-0.05, 0) is 36.5 Å². The van der Waals surface area contributed by atoms with E-state index in [1.54, 1.807) is 0 Å². The molecule has 2 rings (SSSR count). The molecule has 0 aliphatic carbocycles. The van der Waals surface area contributed by atoms with E-state index >= 15 is 0 Å². The van der Waals surface area contributed by atoms with E-state index in [0.717, 1.165) is 29.6 Å². The van der Waals surface area contributed by atoms with Crippen LogP contribution in [0.4, 0.5) is 11.8 Å². The quantitative estimate of drug-likeness (QED) is 0.731. The predicted octanol–water partition coefficient (Wildman–Crippen LogP) is 3.30. The monoisotopic (exact) mass is 302 g/mol. The van der Waals surface area contributed by atoms with Gasteiger partial charge in [-0.1, -0.05) is 33.3 Å². The summed E-state index contributed by atoms with van der Waals surface area (Å²) in [6.45, 7) is 6.62. The normalized spacial score (nSPS) is 12.8. The maximum absolute atomic E-state index is 9.23. The Morgan fingerprint density at radius 2 is 2.00 bits per heavy atom. The van der Waals surface area contributed by atoms with Crippen LogP contribution in [-0.4, -0.2) is 27.7 Å². The van der Waals surface area contributed by atoms with Crippen molar-refractivity contribution in [3.05, 3.63) is 23.8 Å². The van der Waals surface area contributed by atoms with E-state index < -0.39 is 0 Å². The van der Waals surface area contributed by atoms with E-state index in [0.29, 0.717) is 12.3 Å². The lowest BCUT2D eigenvalue weighted by Gasteiger charge is -2.19. The Kier molecular flexibility index (Phi) is 5.55. The third kappa shape index (κ3) is 3.85. The first kappa shape index (κ1) is 16.5. The van der Waals surface area contributed by atoms with Crippen molar-refractivity contribution in [2.45, 2.75) is 52.0 Å². The average molecular weight is 302 g/mol. The lowest BCUT2D eigenvalue weighted by atomic mass is 10.0. The molecule has 1 aromatic heterocycles. The highest BCUT2D eigenvalue weighted by molar-refractivity contribution is 5.90. The van der Waals surface area contributed by atoms with Crippen LogP contribution in [0.15, 0.2) is 18.2 Å². The number of hydrogen-bond acceptors (Lipinski definition) is 5. The molecule has 0 aliphatic heterocycles. The van der Waals surface area contributed by atoms with Crippen LogP contribution in [0.3, 0.4) is 0 Å². The Hall–Kier alpha value is -1.88. The van der Waals surface area contributed by atoms with Gasteiger partial charge < -0.3 is 16.2 Å². The number of hydrogen-bond donors (Lipinski definition) is 3. The van der Waals surface area contributed by atoms with Crippen molar-refractivity contribution >= 4 is 22.7 Å². The van der Waals surface area contributed by atoms with E-state index in [1.807, 2.05) is 6.07 Å². The summed E-state index contributed by atoms with van der Waals surface area (Å²) in [4.78, 5) is 8.69. The van der Waals surface area contributed by atoms with Gasteiger partial charge in [0.25, 0.3) is 0 Å². The Bertz CT molecular complexity index is 621. The fraction of sp³-hybridized carbons (Fsp3) is 0.529. The van der Waals surface area contributed by atoms with E-state index in [-0.39, 0.29) is 18.6 Å². The summed E-state index contributed by atoms with van der Waals surface area (Å²) in [5, 5.41) is 13.7. The molecule has 1 atom stereocenters. The number of nitrogens with zero attached hydrogens (tertiary/aromatic N) is 2. The smallest absolute Gasteiger partial charge is 0.222 e. The molecule has 1 unspecified atom stereocenters. The van der Waals surface area contributed by atoms with Gasteiger partial charge in [0.05, 0.1) is 5.52 Å². The summed E-state index contributed by atoms with van der Waals surface area (Å²) < 4.78 is 0. The zero-order chi connectivity index (χ0) is 16.1. The zero-order valence-electron chi connectivity index (χ0n) is 13.6. The molecule has 0 radical (unpaired) electrons. The summed E-state index contributed by atoms with van der Waals surface area (Å²) in [6, 6.07) is 6.40. The molecule has 0 spiro atoms. The SMILES string of the molecule is CCCC(CCO)Nc1nc(N)nc2ccc(C(C)C)cc12. The van der Waals surface area contributed by atoms with Crippen molar-refractivity contribution in [2.75, 3.05) is 17.7 Å². The second-order valence-electron chi connectivity index (χ2n) is 6.00. The standard InChI is InChI=1S/C17H26N4O/c1-4-5-13(8-9-22)19-16-14-10-12(11(2)3)6-7-15(14)20-17(18)21-16/h6-7,10-11,13,22H,4-5,8-9H2,1-3H3,(H3,18,19,20,21). The third-order valence-corrected chi connectivity index (χ3v) is 3.86. The molecule has 4 N–H and O–H groups in total. The fourth-order valence-corrected chi connectivity index (χ4v) is 2.62. The predicted molar refractivity (Wildman–Crippen MR) is 92.1 cm³/mol. The van der Waals surface area contributed by atoms with E-state index in [2.05, 4.69) is 48.2 Å². The van der Waals surface area contributed by atoms with Gasteiger partial charge in [-0.3, -0.25) is 0 Å². The molecule has 0 fully saturated rings. The molecule has 22 heavy (non-hydrogen) atoms. The van der Waals surface area contributed by atoms with Crippen molar-refractivity contribution in [3.8, 4) is 0 Å². The Morgan fingerprint density at radius 3 is 2.64 bits per heavy atom. The Balaban J connectivity index is 2.43. The lowest BCUT2D eigenvalue weighted by Crippen LogP contribution is -2.22. The molecule has 5 nitrogen and oxygen atoms in total. The van der Waals surface area contributed by atoms with Gasteiger partial charge in [0, 0.05) is 18.0 Å². The summed E-state index contributed by atoms with van der Waals surface area (Å²) in [6.07, 6.45) is 2.73. The second-order valence-corrected chi connectivity index (χ2v) is 6.00. The number of fused-ring (bicyclic) bond motifs is 1. The minimum Gasteiger partial charge on any atom is -0.396 e. The van der Waals surface area contributed by atoms with Crippen LogP contribution in [0.5, 0.6) is 0 Å². The molecule has 2 aromatic rings. The highest BCUT2D eigenvalue weighted by Gasteiger charge is 2.13. The summed E-state index contributed by atoms with van der Waals surface area (Å²) in [7, 11) is 0. The van der Waals surface area contributed by atoms with Crippen LogP contribution in [0.2, 0.25) is 0 Å². The maximum atomic E-state index is 9.23. The highest BCUT2D eigenvalue weighted by Crippen LogP contribution is 2.27. The van der Waals surface area contributed by atoms with Gasteiger partial charge in [0.1, 0.15) is 5.82 Å². The fourth-order valence-electron chi connectivity index (χ4n) is 2.62. The average Bonchev–Trinajstić information content (AvgIpc) is 2.47. The summed E-state index contributed by atoms with van der Waals surface area (Å²) in [5.41, 5.74) is 7.93.